The van der Waals surface area contributed by atoms with Crippen molar-refractivity contribution in [3.8, 4) is 28.1 Å². The highest BCUT2D eigenvalue weighted by Crippen LogP contribution is 2.36. The van der Waals surface area contributed by atoms with Crippen LogP contribution in [-0.2, 0) is 6.54 Å². The number of fused-ring (bicyclic) bond motifs is 3. The number of aromatic nitrogens is 4. The summed E-state index contributed by atoms with van der Waals surface area (Å²) in [6, 6.07) is 18.3. The first-order valence-electron chi connectivity index (χ1n) is 14.0. The summed E-state index contributed by atoms with van der Waals surface area (Å²) in [5.74, 6) is 1.74. The number of rotatable bonds is 5. The lowest BCUT2D eigenvalue weighted by Crippen LogP contribution is -2.58. The van der Waals surface area contributed by atoms with E-state index in [0.717, 1.165) is 87.5 Å². The Kier molecular flexibility index (Phi) is 6.62. The zero-order chi connectivity index (χ0) is 26.9. The molecule has 0 amide bonds. The molecule has 2 aromatic heterocycles. The standard InChI is InChI=1S/C30H33N9O/c40-28-4-2-1-3-25(28)26-15-27-29(36-35-26)32-18-24-20-38(13-14-39(24)27)30-33-16-23(17-34-30)22-7-5-21(6-8-22)19-37-11-9-31-10-12-37/h1-8,15-17,24,31,40H,9-14,18-20H2,(H,32,36)/t24-/m0/s1. The second-order valence-electron chi connectivity index (χ2n) is 10.6. The third-order valence-corrected chi connectivity index (χ3v) is 8.08. The Morgan fingerprint density at radius 3 is 2.48 bits per heavy atom. The number of hydrogen-bond acceptors (Lipinski definition) is 10. The summed E-state index contributed by atoms with van der Waals surface area (Å²) >= 11 is 0. The van der Waals surface area contributed by atoms with Gasteiger partial charge in [0, 0.05) is 82.4 Å². The average molecular weight is 536 g/mol. The number of phenolic OH excluding ortho intramolecular Hbond substituents is 1. The van der Waals surface area contributed by atoms with Crippen LogP contribution in [0, 0.1) is 0 Å². The van der Waals surface area contributed by atoms with Gasteiger partial charge in [-0.3, -0.25) is 4.90 Å². The van der Waals surface area contributed by atoms with Crippen molar-refractivity contribution in [2.24, 2.45) is 0 Å². The van der Waals surface area contributed by atoms with E-state index in [2.05, 4.69) is 59.8 Å². The molecule has 10 nitrogen and oxygen atoms in total. The number of phenols is 1. The summed E-state index contributed by atoms with van der Waals surface area (Å²) in [6.45, 7) is 8.53. The van der Waals surface area contributed by atoms with Crippen LogP contribution in [0.1, 0.15) is 5.56 Å². The second-order valence-corrected chi connectivity index (χ2v) is 10.6. The first kappa shape index (κ1) is 24.7. The van der Waals surface area contributed by atoms with E-state index in [0.29, 0.717) is 11.3 Å². The van der Waals surface area contributed by atoms with Crippen molar-refractivity contribution in [2.75, 3.05) is 67.5 Å². The minimum atomic E-state index is 0.202. The molecule has 0 spiro atoms. The van der Waals surface area contributed by atoms with Gasteiger partial charge < -0.3 is 25.5 Å². The summed E-state index contributed by atoms with van der Waals surface area (Å²) in [5.41, 5.74) is 5.86. The van der Waals surface area contributed by atoms with Crippen LogP contribution >= 0.6 is 0 Å². The number of para-hydroxylation sites is 1. The maximum absolute atomic E-state index is 10.3. The van der Waals surface area contributed by atoms with Crippen molar-refractivity contribution < 1.29 is 5.11 Å². The molecule has 0 radical (unpaired) electrons. The van der Waals surface area contributed by atoms with Gasteiger partial charge in [0.2, 0.25) is 5.95 Å². The number of piperazine rings is 2. The molecule has 1 atom stereocenters. The Morgan fingerprint density at radius 1 is 0.875 bits per heavy atom. The van der Waals surface area contributed by atoms with Crippen molar-refractivity contribution >= 4 is 17.5 Å². The van der Waals surface area contributed by atoms with Crippen LogP contribution < -0.4 is 20.4 Å². The maximum Gasteiger partial charge on any atom is 0.225 e. The molecule has 7 rings (SSSR count). The van der Waals surface area contributed by atoms with Crippen LogP contribution in [0.5, 0.6) is 5.75 Å². The molecule has 0 bridgehead atoms. The van der Waals surface area contributed by atoms with Gasteiger partial charge in [0.1, 0.15) is 5.75 Å². The van der Waals surface area contributed by atoms with E-state index in [-0.39, 0.29) is 11.8 Å². The fourth-order valence-electron chi connectivity index (χ4n) is 5.86. The molecule has 0 aliphatic carbocycles. The van der Waals surface area contributed by atoms with Gasteiger partial charge in [-0.25, -0.2) is 9.97 Å². The number of hydrogen-bond donors (Lipinski definition) is 3. The molecule has 10 heteroatoms. The van der Waals surface area contributed by atoms with E-state index in [1.165, 1.54) is 5.56 Å². The molecule has 3 aliphatic rings. The molecule has 5 heterocycles. The van der Waals surface area contributed by atoms with Crippen LogP contribution in [0.4, 0.5) is 17.5 Å². The number of nitrogens with zero attached hydrogens (tertiary/aromatic N) is 7. The van der Waals surface area contributed by atoms with Crippen LogP contribution in [0.15, 0.2) is 67.0 Å². The molecule has 0 saturated carbocycles. The van der Waals surface area contributed by atoms with E-state index in [1.54, 1.807) is 12.1 Å². The Morgan fingerprint density at radius 2 is 1.68 bits per heavy atom. The minimum absolute atomic E-state index is 0.202. The Hall–Kier alpha value is -4.28. The summed E-state index contributed by atoms with van der Waals surface area (Å²) in [5, 5.41) is 25.9. The lowest BCUT2D eigenvalue weighted by Gasteiger charge is -2.45. The molecule has 2 aromatic carbocycles. The largest absolute Gasteiger partial charge is 0.507 e. The number of benzene rings is 2. The monoisotopic (exact) mass is 535 g/mol. The van der Waals surface area contributed by atoms with Crippen LogP contribution in [-0.4, -0.2) is 88.6 Å². The lowest BCUT2D eigenvalue weighted by molar-refractivity contribution is 0.233. The number of nitrogens with one attached hydrogen (secondary N) is 2. The molecule has 3 aliphatic heterocycles. The average Bonchev–Trinajstić information content (AvgIpc) is 3.02. The van der Waals surface area contributed by atoms with Crippen molar-refractivity contribution in [2.45, 2.75) is 12.6 Å². The molecule has 0 unspecified atom stereocenters. The quantitative estimate of drug-likeness (QED) is 0.353. The van der Waals surface area contributed by atoms with Crippen molar-refractivity contribution in [1.29, 1.82) is 0 Å². The molecule has 3 N–H and O–H groups in total. The van der Waals surface area contributed by atoms with E-state index in [9.17, 15) is 5.11 Å². The van der Waals surface area contributed by atoms with Crippen molar-refractivity contribution in [3.05, 3.63) is 72.6 Å². The highest BCUT2D eigenvalue weighted by molar-refractivity contribution is 5.76. The predicted molar refractivity (Wildman–Crippen MR) is 157 cm³/mol. The molecule has 2 saturated heterocycles. The first-order valence-corrected chi connectivity index (χ1v) is 14.0. The van der Waals surface area contributed by atoms with E-state index in [1.807, 2.05) is 30.6 Å². The van der Waals surface area contributed by atoms with Gasteiger partial charge in [-0.15, -0.1) is 10.2 Å². The maximum atomic E-state index is 10.3. The number of anilines is 3. The zero-order valence-electron chi connectivity index (χ0n) is 22.4. The van der Waals surface area contributed by atoms with Gasteiger partial charge in [0.05, 0.1) is 17.4 Å². The molecular formula is C30H33N9O. The van der Waals surface area contributed by atoms with Gasteiger partial charge in [0.15, 0.2) is 5.82 Å². The van der Waals surface area contributed by atoms with Gasteiger partial charge in [-0.1, -0.05) is 36.4 Å². The Bertz CT molecular complexity index is 1470. The van der Waals surface area contributed by atoms with Gasteiger partial charge >= 0.3 is 0 Å². The van der Waals surface area contributed by atoms with E-state index >= 15 is 0 Å². The van der Waals surface area contributed by atoms with Crippen LogP contribution in [0.25, 0.3) is 22.4 Å². The van der Waals surface area contributed by atoms with Gasteiger partial charge in [0.25, 0.3) is 0 Å². The molecule has 4 aromatic rings. The van der Waals surface area contributed by atoms with E-state index in [4.69, 9.17) is 9.97 Å². The van der Waals surface area contributed by atoms with Gasteiger partial charge in [-0.05, 0) is 29.3 Å². The summed E-state index contributed by atoms with van der Waals surface area (Å²) in [4.78, 5) is 16.6. The first-order chi connectivity index (χ1) is 19.7. The molecule has 2 fully saturated rings. The topological polar surface area (TPSA) is 106 Å². The fourth-order valence-corrected chi connectivity index (χ4v) is 5.86. The number of aromatic hydroxyl groups is 1. The van der Waals surface area contributed by atoms with Crippen molar-refractivity contribution in [3.63, 3.8) is 0 Å². The Labute approximate surface area is 233 Å². The predicted octanol–water partition coefficient (Wildman–Crippen LogP) is 2.83. The SMILES string of the molecule is Oc1ccccc1-c1cc2c(nn1)NC[C@H]1CN(c3ncc(-c4ccc(CN5CCNCC5)cc4)cn3)CCN21. The lowest BCUT2D eigenvalue weighted by atomic mass is 10.1. The fraction of sp³-hybridized carbons (Fsp3) is 0.333. The van der Waals surface area contributed by atoms with E-state index < -0.39 is 0 Å². The zero-order valence-corrected chi connectivity index (χ0v) is 22.4. The summed E-state index contributed by atoms with van der Waals surface area (Å²) < 4.78 is 0. The smallest absolute Gasteiger partial charge is 0.225 e. The highest BCUT2D eigenvalue weighted by atomic mass is 16.3. The minimum Gasteiger partial charge on any atom is -0.507 e. The molecular weight excluding hydrogens is 502 g/mol. The Balaban J connectivity index is 1.02. The third kappa shape index (κ3) is 4.91. The van der Waals surface area contributed by atoms with Crippen LogP contribution in [0.3, 0.4) is 0 Å². The molecule has 40 heavy (non-hydrogen) atoms. The highest BCUT2D eigenvalue weighted by Gasteiger charge is 2.34. The van der Waals surface area contributed by atoms with Gasteiger partial charge in [-0.2, -0.15) is 0 Å². The molecule has 204 valence electrons. The second kappa shape index (κ2) is 10.7. The third-order valence-electron chi connectivity index (χ3n) is 8.08. The summed E-state index contributed by atoms with van der Waals surface area (Å²) in [7, 11) is 0. The normalized spacial score (nSPS) is 19.1. The van der Waals surface area contributed by atoms with Crippen LogP contribution in [0.2, 0.25) is 0 Å². The van der Waals surface area contributed by atoms with Crippen molar-refractivity contribution in [1.82, 2.24) is 30.4 Å². The summed E-state index contributed by atoms with van der Waals surface area (Å²) in [6.07, 6.45) is 3.87.